The van der Waals surface area contributed by atoms with Gasteiger partial charge in [-0.05, 0) is 86.0 Å². The Labute approximate surface area is 183 Å². The molecule has 2 aliphatic heterocycles. The van der Waals surface area contributed by atoms with E-state index in [1.165, 1.54) is 24.0 Å². The number of hydrogen-bond donors (Lipinski definition) is 2. The van der Waals surface area contributed by atoms with Gasteiger partial charge in [0.15, 0.2) is 11.3 Å². The summed E-state index contributed by atoms with van der Waals surface area (Å²) >= 11 is 0. The molecule has 172 valence electrons. The molecule has 0 bridgehead atoms. The quantitative estimate of drug-likeness (QED) is 0.657. The van der Waals surface area contributed by atoms with Crippen LogP contribution in [0.2, 0.25) is 0 Å². The van der Waals surface area contributed by atoms with Crippen molar-refractivity contribution in [2.24, 2.45) is 5.41 Å². The Morgan fingerprint density at radius 1 is 1.07 bits per heavy atom. The minimum atomic E-state index is -1.33. The molecule has 3 rings (SSSR count). The summed E-state index contributed by atoms with van der Waals surface area (Å²) in [5, 5.41) is 14.1. The van der Waals surface area contributed by atoms with Crippen LogP contribution in [0.15, 0.2) is 11.1 Å². The van der Waals surface area contributed by atoms with Crippen LogP contribution in [0.5, 0.6) is 0 Å². The van der Waals surface area contributed by atoms with E-state index in [4.69, 9.17) is 4.74 Å². The number of amides is 1. The third-order valence-electron chi connectivity index (χ3n) is 8.19. The lowest BCUT2D eigenvalue weighted by Crippen LogP contribution is -3.06. The molecule has 0 aromatic rings. The van der Waals surface area contributed by atoms with Gasteiger partial charge in [-0.15, -0.1) is 0 Å². The van der Waals surface area contributed by atoms with Crippen LogP contribution in [0.4, 0.5) is 4.79 Å². The Morgan fingerprint density at radius 2 is 1.63 bits per heavy atom. The van der Waals surface area contributed by atoms with Crippen molar-refractivity contribution in [1.29, 1.82) is 0 Å². The molecular weight excluding hydrogens is 376 g/mol. The van der Waals surface area contributed by atoms with E-state index >= 15 is 0 Å². The summed E-state index contributed by atoms with van der Waals surface area (Å²) in [7, 11) is 0. The smallest absolute Gasteiger partial charge is 0.413 e. The maximum atomic E-state index is 13.1. The fraction of sp³-hybridized carbons (Fsp3) is 0.880. The predicted molar refractivity (Wildman–Crippen MR) is 120 cm³/mol. The van der Waals surface area contributed by atoms with Crippen LogP contribution in [-0.2, 0) is 4.74 Å². The molecule has 0 unspecified atom stereocenters. The molecule has 3 N–H and O–H groups in total. The Kier molecular flexibility index (Phi) is 5.69. The second-order valence-electron chi connectivity index (χ2n) is 12.7. The number of allylic oxidation sites excluding steroid dienone is 2. The third kappa shape index (κ3) is 4.17. The van der Waals surface area contributed by atoms with Crippen LogP contribution in [0.1, 0.15) is 107 Å². The van der Waals surface area contributed by atoms with Crippen LogP contribution in [0, 0.1) is 5.41 Å². The van der Waals surface area contributed by atoms with E-state index in [1.54, 1.807) is 11.8 Å². The second kappa shape index (κ2) is 7.23. The maximum Gasteiger partial charge on any atom is 0.413 e. The topological polar surface area (TPSA) is 66.4 Å². The molecule has 0 spiro atoms. The number of aliphatic hydroxyl groups is 1. The van der Waals surface area contributed by atoms with E-state index in [0.717, 1.165) is 25.7 Å². The minimum Gasteiger partial charge on any atom is -0.438 e. The number of cyclic esters (lactones) is 1. The number of nitrogens with two attached hydrogens (primary N) is 1. The number of rotatable bonds is 4. The molecule has 5 heteroatoms. The van der Waals surface area contributed by atoms with E-state index in [-0.39, 0.29) is 28.6 Å². The van der Waals surface area contributed by atoms with Gasteiger partial charge in [-0.2, -0.15) is 0 Å². The van der Waals surface area contributed by atoms with Crippen molar-refractivity contribution < 1.29 is 20.0 Å². The summed E-state index contributed by atoms with van der Waals surface area (Å²) in [6.45, 7) is 19.5. The van der Waals surface area contributed by atoms with Gasteiger partial charge >= 0.3 is 6.09 Å². The first kappa shape index (κ1) is 23.6. The summed E-state index contributed by atoms with van der Waals surface area (Å²) in [4.78, 5) is 14.8. The Balaban J connectivity index is 1.83. The SMILES string of the molecule is CC1=C(CC[C@]2(C)OC(=O)N(C3CC(C)(C)[NH2+]C(C)(C)C3)[C@@]2(C)O)C(C)(C)CCC1. The van der Waals surface area contributed by atoms with Crippen LogP contribution in [0.25, 0.3) is 0 Å². The van der Waals surface area contributed by atoms with Gasteiger partial charge in [0.25, 0.3) is 0 Å². The lowest BCUT2D eigenvalue weighted by atomic mass is 9.70. The van der Waals surface area contributed by atoms with E-state index < -0.39 is 11.3 Å². The number of ether oxygens (including phenoxy) is 1. The van der Waals surface area contributed by atoms with Gasteiger partial charge in [-0.3, -0.25) is 4.90 Å². The molecule has 1 aliphatic carbocycles. The van der Waals surface area contributed by atoms with E-state index in [9.17, 15) is 9.90 Å². The predicted octanol–water partition coefficient (Wildman–Crippen LogP) is 4.50. The van der Waals surface area contributed by atoms with Crippen LogP contribution in [0.3, 0.4) is 0 Å². The van der Waals surface area contributed by atoms with E-state index in [0.29, 0.717) is 6.42 Å². The molecule has 0 aromatic heterocycles. The zero-order chi connectivity index (χ0) is 22.8. The first-order chi connectivity index (χ1) is 13.5. The van der Waals surface area contributed by atoms with E-state index in [2.05, 4.69) is 53.8 Å². The van der Waals surface area contributed by atoms with Gasteiger partial charge in [-0.25, -0.2) is 4.79 Å². The maximum absolute atomic E-state index is 13.1. The monoisotopic (exact) mass is 421 g/mol. The van der Waals surface area contributed by atoms with Gasteiger partial charge in [0.1, 0.15) is 0 Å². The normalized spacial score (nSPS) is 36.2. The van der Waals surface area contributed by atoms with Gasteiger partial charge in [0, 0.05) is 18.9 Å². The number of quaternary nitrogens is 1. The Morgan fingerprint density at radius 3 is 2.17 bits per heavy atom. The number of nitrogens with zero attached hydrogens (tertiary/aromatic N) is 1. The number of carbonyl (C=O) groups is 1. The zero-order valence-corrected chi connectivity index (χ0v) is 20.8. The number of hydrogen-bond acceptors (Lipinski definition) is 3. The molecule has 3 aliphatic rings. The summed E-state index contributed by atoms with van der Waals surface area (Å²) in [5.41, 5.74) is 0.911. The lowest BCUT2D eigenvalue weighted by molar-refractivity contribution is -0.788. The Bertz CT molecular complexity index is 719. The molecule has 30 heavy (non-hydrogen) atoms. The highest BCUT2D eigenvalue weighted by molar-refractivity contribution is 5.72. The minimum absolute atomic E-state index is 0.00974. The number of piperidine rings is 1. The largest absolute Gasteiger partial charge is 0.438 e. The molecule has 5 nitrogen and oxygen atoms in total. The average Bonchev–Trinajstić information content (AvgIpc) is 2.67. The van der Waals surface area contributed by atoms with Crippen molar-refractivity contribution >= 4 is 6.09 Å². The summed E-state index contributed by atoms with van der Waals surface area (Å²) in [6.07, 6.45) is 6.41. The van der Waals surface area contributed by atoms with Crippen LogP contribution < -0.4 is 5.32 Å². The van der Waals surface area contributed by atoms with Crippen molar-refractivity contribution in [3.63, 3.8) is 0 Å². The summed E-state index contributed by atoms with van der Waals surface area (Å²) < 4.78 is 5.96. The van der Waals surface area contributed by atoms with Crippen LogP contribution >= 0.6 is 0 Å². The molecular formula is C25H45N2O3+. The van der Waals surface area contributed by atoms with Gasteiger partial charge in [0.2, 0.25) is 0 Å². The summed E-state index contributed by atoms with van der Waals surface area (Å²) in [6, 6.07) is -0.0311. The summed E-state index contributed by atoms with van der Waals surface area (Å²) in [5.74, 6) is 0. The van der Waals surface area contributed by atoms with Gasteiger partial charge < -0.3 is 15.2 Å². The standard InChI is InChI=1S/C25H44N2O3/c1-17-11-10-13-21(2,3)19(17)12-14-24(8)25(9,29)27(20(28)30-24)18-15-22(4,5)26-23(6,7)16-18/h18,26,29H,10-16H2,1-9H3/p+1/t24-,25-/m0/s1. The van der Waals surface area contributed by atoms with Crippen molar-refractivity contribution in [2.75, 3.05) is 0 Å². The average molecular weight is 422 g/mol. The molecule has 2 saturated heterocycles. The third-order valence-corrected chi connectivity index (χ3v) is 8.19. The van der Waals surface area contributed by atoms with Crippen molar-refractivity contribution in [2.45, 2.75) is 136 Å². The molecule has 0 radical (unpaired) electrons. The molecule has 2 fully saturated rings. The molecule has 0 aromatic carbocycles. The van der Waals surface area contributed by atoms with Gasteiger partial charge in [-0.1, -0.05) is 25.0 Å². The van der Waals surface area contributed by atoms with E-state index in [1.807, 2.05) is 6.92 Å². The number of carbonyl (C=O) groups excluding carboxylic acids is 1. The highest BCUT2D eigenvalue weighted by atomic mass is 16.6. The highest BCUT2D eigenvalue weighted by Crippen LogP contribution is 2.48. The molecule has 1 amide bonds. The van der Waals surface area contributed by atoms with Crippen molar-refractivity contribution in [3.8, 4) is 0 Å². The highest BCUT2D eigenvalue weighted by Gasteiger charge is 2.62. The fourth-order valence-electron chi connectivity index (χ4n) is 6.80. The van der Waals surface area contributed by atoms with Crippen LogP contribution in [-0.4, -0.2) is 44.5 Å². The second-order valence-corrected chi connectivity index (χ2v) is 12.7. The zero-order valence-electron chi connectivity index (χ0n) is 20.8. The van der Waals surface area contributed by atoms with Crippen molar-refractivity contribution in [1.82, 2.24) is 4.90 Å². The molecule has 2 heterocycles. The molecule has 0 saturated carbocycles. The van der Waals surface area contributed by atoms with Gasteiger partial charge in [0.05, 0.1) is 11.1 Å². The fourth-order valence-corrected chi connectivity index (χ4v) is 6.80. The lowest BCUT2D eigenvalue weighted by Gasteiger charge is -2.48. The first-order valence-electron chi connectivity index (χ1n) is 11.8. The van der Waals surface area contributed by atoms with Crippen molar-refractivity contribution in [3.05, 3.63) is 11.1 Å². The molecule has 2 atom stereocenters. The Hall–Kier alpha value is -1.07. The first-order valence-corrected chi connectivity index (χ1v) is 11.8.